The van der Waals surface area contributed by atoms with Gasteiger partial charge in [0, 0.05) is 6.21 Å². The van der Waals surface area contributed by atoms with Gasteiger partial charge < -0.3 is 4.74 Å². The van der Waals surface area contributed by atoms with E-state index in [2.05, 4.69) is 4.99 Å². The lowest BCUT2D eigenvalue weighted by molar-refractivity contribution is 0.0735. The number of carbonyl (C=O) groups is 1. The van der Waals surface area contributed by atoms with Gasteiger partial charge in [0.25, 0.3) is 0 Å². The van der Waals surface area contributed by atoms with Crippen LogP contribution in [0.25, 0.3) is 0 Å². The zero-order chi connectivity index (χ0) is 18.5. The number of aliphatic imine (C=N–C) groups is 1. The maximum atomic E-state index is 13.1. The maximum absolute atomic E-state index is 13.1. The molecule has 0 aromatic heterocycles. The first-order valence-corrected chi connectivity index (χ1v) is 8.27. The molecule has 3 aromatic rings. The highest BCUT2D eigenvalue weighted by atomic mass is 35.5. The monoisotopic (exact) mass is 367 g/mol. The molecule has 0 aliphatic heterocycles. The van der Waals surface area contributed by atoms with Gasteiger partial charge in [0.1, 0.15) is 11.6 Å². The van der Waals surface area contributed by atoms with Crippen LogP contribution in [0.1, 0.15) is 21.5 Å². The lowest BCUT2D eigenvalue weighted by Crippen LogP contribution is -2.08. The molecule has 0 saturated heterocycles. The van der Waals surface area contributed by atoms with E-state index in [1.54, 1.807) is 42.6 Å². The molecule has 3 aromatic carbocycles. The molecule has 0 amide bonds. The highest BCUT2D eigenvalue weighted by Gasteiger charge is 2.08. The van der Waals surface area contributed by atoms with E-state index in [1.165, 1.54) is 18.2 Å². The second-order valence-electron chi connectivity index (χ2n) is 5.68. The van der Waals surface area contributed by atoms with Crippen LogP contribution in [0.5, 0.6) is 5.75 Å². The Labute approximate surface area is 155 Å². The predicted molar refractivity (Wildman–Crippen MR) is 101 cm³/mol. The third-order valence-corrected chi connectivity index (χ3v) is 3.93. The smallest absolute Gasteiger partial charge is 0.343 e. The molecule has 0 bridgehead atoms. The fourth-order valence-corrected chi connectivity index (χ4v) is 2.37. The van der Waals surface area contributed by atoms with Gasteiger partial charge >= 0.3 is 5.97 Å². The van der Waals surface area contributed by atoms with Crippen LogP contribution in [0.3, 0.4) is 0 Å². The molecule has 0 radical (unpaired) electrons. The number of rotatable bonds is 4. The van der Waals surface area contributed by atoms with E-state index < -0.39 is 11.8 Å². The van der Waals surface area contributed by atoms with Crippen LogP contribution in [0.2, 0.25) is 5.02 Å². The number of nitrogens with zero attached hydrogens (tertiary/aromatic N) is 1. The molecule has 0 unspecified atom stereocenters. The van der Waals surface area contributed by atoms with E-state index in [4.69, 9.17) is 16.3 Å². The molecule has 5 heteroatoms. The Morgan fingerprint density at radius 1 is 1.04 bits per heavy atom. The lowest BCUT2D eigenvalue weighted by atomic mass is 10.1. The van der Waals surface area contributed by atoms with Gasteiger partial charge in [0.15, 0.2) is 0 Å². The van der Waals surface area contributed by atoms with Crippen molar-refractivity contribution in [1.29, 1.82) is 0 Å². The van der Waals surface area contributed by atoms with Gasteiger partial charge in [-0.15, -0.1) is 0 Å². The zero-order valence-corrected chi connectivity index (χ0v) is 14.7. The van der Waals surface area contributed by atoms with Gasteiger partial charge in [-0.25, -0.2) is 9.18 Å². The quantitative estimate of drug-likeness (QED) is 0.334. The Kier molecular flexibility index (Phi) is 5.44. The number of hydrogen-bond acceptors (Lipinski definition) is 3. The molecule has 0 saturated carbocycles. The second kappa shape index (κ2) is 7.93. The van der Waals surface area contributed by atoms with Crippen LogP contribution >= 0.6 is 11.6 Å². The number of halogens is 2. The molecule has 0 fully saturated rings. The van der Waals surface area contributed by atoms with E-state index in [9.17, 15) is 9.18 Å². The van der Waals surface area contributed by atoms with Crippen molar-refractivity contribution in [1.82, 2.24) is 0 Å². The zero-order valence-electron chi connectivity index (χ0n) is 13.9. The van der Waals surface area contributed by atoms with E-state index in [-0.39, 0.29) is 5.02 Å². The highest BCUT2D eigenvalue weighted by molar-refractivity contribution is 6.31. The fourth-order valence-electron chi connectivity index (χ4n) is 2.19. The normalized spacial score (nSPS) is 10.9. The molecule has 0 heterocycles. The molecule has 3 nitrogen and oxygen atoms in total. The van der Waals surface area contributed by atoms with Crippen LogP contribution in [-0.4, -0.2) is 12.2 Å². The van der Waals surface area contributed by atoms with Crippen molar-refractivity contribution in [3.05, 3.63) is 94.3 Å². The number of ether oxygens (including phenoxy) is 1. The minimum absolute atomic E-state index is 0.0259. The summed E-state index contributed by atoms with van der Waals surface area (Å²) in [4.78, 5) is 16.3. The molecule has 3 rings (SSSR count). The van der Waals surface area contributed by atoms with Gasteiger partial charge in [-0.2, -0.15) is 0 Å². The second-order valence-corrected chi connectivity index (χ2v) is 6.09. The molecule has 130 valence electrons. The van der Waals surface area contributed by atoms with Crippen molar-refractivity contribution in [2.24, 2.45) is 4.99 Å². The van der Waals surface area contributed by atoms with Crippen molar-refractivity contribution in [2.45, 2.75) is 6.92 Å². The topological polar surface area (TPSA) is 38.7 Å². The Hall–Kier alpha value is -2.98. The summed E-state index contributed by atoms with van der Waals surface area (Å²) in [6.07, 6.45) is 1.62. The summed E-state index contributed by atoms with van der Waals surface area (Å²) in [5, 5.41) is 0.0259. The van der Waals surface area contributed by atoms with Crippen molar-refractivity contribution < 1.29 is 13.9 Å². The Bertz CT molecular complexity index is 951. The summed E-state index contributed by atoms with van der Waals surface area (Å²) in [5.74, 6) is -0.449. The molecule has 0 N–H and O–H groups in total. The minimum Gasteiger partial charge on any atom is -0.423 e. The van der Waals surface area contributed by atoms with Gasteiger partial charge in [0.05, 0.1) is 16.3 Å². The van der Waals surface area contributed by atoms with Gasteiger partial charge in [-0.3, -0.25) is 4.99 Å². The van der Waals surface area contributed by atoms with Gasteiger partial charge in [-0.1, -0.05) is 29.3 Å². The van der Waals surface area contributed by atoms with Crippen LogP contribution < -0.4 is 4.74 Å². The molecule has 0 aliphatic carbocycles. The van der Waals surface area contributed by atoms with Crippen LogP contribution in [0.4, 0.5) is 10.1 Å². The van der Waals surface area contributed by atoms with E-state index in [0.717, 1.165) is 11.1 Å². The number of benzene rings is 3. The molecule has 0 atom stereocenters. The Balaban J connectivity index is 1.66. The largest absolute Gasteiger partial charge is 0.423 e. The number of hydrogen-bond donors (Lipinski definition) is 0. The summed E-state index contributed by atoms with van der Waals surface area (Å²) in [6.45, 7) is 1.95. The summed E-state index contributed by atoms with van der Waals surface area (Å²) in [5.41, 5.74) is 2.92. The van der Waals surface area contributed by atoms with Crippen molar-refractivity contribution in [3.8, 4) is 5.75 Å². The Morgan fingerprint density at radius 2 is 1.73 bits per heavy atom. The molecule has 0 spiro atoms. The first-order valence-electron chi connectivity index (χ1n) is 7.89. The predicted octanol–water partition coefficient (Wildman–Crippen LogP) is 5.76. The molecule has 0 aliphatic rings. The highest BCUT2D eigenvalue weighted by Crippen LogP contribution is 2.21. The minimum atomic E-state index is -0.481. The van der Waals surface area contributed by atoms with Gasteiger partial charge in [0.2, 0.25) is 0 Å². The fraction of sp³-hybridized carbons (Fsp3) is 0.0476. The standard InChI is InChI=1S/C21H15ClFNO2/c1-14-2-6-16(7-3-14)21(25)26-18-9-4-15(5-10-18)13-24-17-8-11-20(23)19(22)12-17/h2-13H,1H3. The number of carbonyl (C=O) groups excluding carboxylic acids is 1. The van der Waals surface area contributed by atoms with Crippen molar-refractivity contribution >= 4 is 29.5 Å². The SMILES string of the molecule is Cc1ccc(C(=O)Oc2ccc(C=Nc3ccc(F)c(Cl)c3)cc2)cc1. The first-order chi connectivity index (χ1) is 12.5. The summed E-state index contributed by atoms with van der Waals surface area (Å²) in [6, 6.07) is 18.3. The summed E-state index contributed by atoms with van der Waals surface area (Å²) >= 11 is 5.73. The van der Waals surface area contributed by atoms with E-state index in [0.29, 0.717) is 17.0 Å². The van der Waals surface area contributed by atoms with Crippen LogP contribution in [0, 0.1) is 12.7 Å². The molecular weight excluding hydrogens is 353 g/mol. The lowest BCUT2D eigenvalue weighted by Gasteiger charge is -2.05. The van der Waals surface area contributed by atoms with E-state index in [1.807, 2.05) is 19.1 Å². The van der Waals surface area contributed by atoms with E-state index >= 15 is 0 Å². The molecule has 26 heavy (non-hydrogen) atoms. The van der Waals surface area contributed by atoms with Crippen molar-refractivity contribution in [2.75, 3.05) is 0 Å². The number of aryl methyl sites for hydroxylation is 1. The van der Waals surface area contributed by atoms with Gasteiger partial charge in [-0.05, 0) is 67.1 Å². The maximum Gasteiger partial charge on any atom is 0.343 e. The third-order valence-electron chi connectivity index (χ3n) is 3.64. The first kappa shape index (κ1) is 17.8. The van der Waals surface area contributed by atoms with Crippen LogP contribution in [0.15, 0.2) is 71.7 Å². The Morgan fingerprint density at radius 3 is 2.38 bits per heavy atom. The summed E-state index contributed by atoms with van der Waals surface area (Å²) < 4.78 is 18.5. The summed E-state index contributed by atoms with van der Waals surface area (Å²) in [7, 11) is 0. The van der Waals surface area contributed by atoms with Crippen LogP contribution in [-0.2, 0) is 0 Å². The average Bonchev–Trinajstić information content (AvgIpc) is 2.64. The van der Waals surface area contributed by atoms with Crippen molar-refractivity contribution in [3.63, 3.8) is 0 Å². The third kappa shape index (κ3) is 4.55. The number of esters is 1. The average molecular weight is 368 g/mol. The molecular formula is C21H15ClFNO2.